The Balaban J connectivity index is 2.05. The average molecular weight is 360 g/mol. The number of carbonyl (C=O) groups is 1. The first-order chi connectivity index (χ1) is 11.2. The van der Waals surface area contributed by atoms with Crippen molar-refractivity contribution in [2.24, 2.45) is 0 Å². The first kappa shape index (κ1) is 18.0. The van der Waals surface area contributed by atoms with E-state index in [0.29, 0.717) is 0 Å². The van der Waals surface area contributed by atoms with E-state index in [2.05, 4.69) is 4.52 Å². The van der Waals surface area contributed by atoms with Crippen LogP contribution >= 0.6 is 7.82 Å². The van der Waals surface area contributed by atoms with E-state index in [9.17, 15) is 29.6 Å². The van der Waals surface area contributed by atoms with Crippen molar-refractivity contribution in [3.63, 3.8) is 0 Å². The molecule has 0 aromatic heterocycles. The molecule has 11 nitrogen and oxygen atoms in total. The molecule has 1 aromatic carbocycles. The lowest BCUT2D eigenvalue weighted by Gasteiger charge is -2.30. The third-order valence-corrected chi connectivity index (χ3v) is 4.82. The largest absolute Gasteiger partial charge is 0.533 e. The second-order valence-electron chi connectivity index (χ2n) is 5.01. The summed E-state index contributed by atoms with van der Waals surface area (Å²) < 4.78 is 26.5. The maximum absolute atomic E-state index is 12.2. The van der Waals surface area contributed by atoms with Crippen molar-refractivity contribution in [2.45, 2.75) is 18.9 Å². The number of rotatable bonds is 5. The fourth-order valence-corrected chi connectivity index (χ4v) is 3.13. The van der Waals surface area contributed by atoms with E-state index < -0.39 is 42.4 Å². The molecule has 24 heavy (non-hydrogen) atoms. The third-order valence-electron chi connectivity index (χ3n) is 3.54. The average Bonchev–Trinajstić information content (AvgIpc) is 2.55. The van der Waals surface area contributed by atoms with Crippen LogP contribution in [0.25, 0.3) is 0 Å². The first-order valence-corrected chi connectivity index (χ1v) is 8.19. The van der Waals surface area contributed by atoms with Crippen molar-refractivity contribution in [1.82, 2.24) is 0 Å². The molecule has 0 unspecified atom stereocenters. The summed E-state index contributed by atoms with van der Waals surface area (Å²) in [4.78, 5) is 32.3. The standard InChI is InChI=1S/C12H13N2O9P/c1-2-12(14(18)19)7-21-24(20,22-8-12)23-11(15)9-3-5-10(6-4-9)13(16)17/h3-6H,2,7-8H2,1H3. The molecule has 130 valence electrons. The van der Waals surface area contributed by atoms with Crippen LogP contribution < -0.4 is 0 Å². The summed E-state index contributed by atoms with van der Waals surface area (Å²) in [6.45, 7) is 0.497. The Labute approximate surface area is 135 Å². The van der Waals surface area contributed by atoms with Gasteiger partial charge in [0.2, 0.25) is 0 Å². The minimum Gasteiger partial charge on any atom is -0.367 e. The molecule has 1 aliphatic rings. The first-order valence-electron chi connectivity index (χ1n) is 6.73. The van der Waals surface area contributed by atoms with Crippen molar-refractivity contribution in [3.8, 4) is 0 Å². The Morgan fingerprint density at radius 2 is 1.79 bits per heavy atom. The van der Waals surface area contributed by atoms with Crippen LogP contribution in [-0.2, 0) is 18.1 Å². The van der Waals surface area contributed by atoms with Crippen molar-refractivity contribution >= 4 is 19.5 Å². The lowest BCUT2D eigenvalue weighted by atomic mass is 10.0. The number of hydrogen-bond acceptors (Lipinski definition) is 9. The number of nitro groups is 2. The lowest BCUT2D eigenvalue weighted by molar-refractivity contribution is -0.578. The summed E-state index contributed by atoms with van der Waals surface area (Å²) in [5.41, 5.74) is -1.89. The number of non-ortho nitro benzene ring substituents is 1. The van der Waals surface area contributed by atoms with E-state index >= 15 is 0 Å². The smallest absolute Gasteiger partial charge is 0.367 e. The van der Waals surface area contributed by atoms with Gasteiger partial charge < -0.3 is 4.52 Å². The SMILES string of the molecule is CCC1([N+](=O)[O-])COP(=O)(OC(=O)c2ccc([N+](=O)[O-])cc2)OC1. The molecule has 1 aromatic rings. The molecule has 12 heteroatoms. The topological polar surface area (TPSA) is 148 Å². The molecular weight excluding hydrogens is 347 g/mol. The van der Waals surface area contributed by atoms with Gasteiger partial charge in [-0.25, -0.2) is 9.36 Å². The van der Waals surface area contributed by atoms with Crippen molar-refractivity contribution in [1.29, 1.82) is 0 Å². The van der Waals surface area contributed by atoms with Gasteiger partial charge in [0.25, 0.3) is 11.2 Å². The van der Waals surface area contributed by atoms with Crippen LogP contribution in [0.4, 0.5) is 5.69 Å². The summed E-state index contributed by atoms with van der Waals surface area (Å²) in [5, 5.41) is 21.6. The zero-order chi connectivity index (χ0) is 18.0. The number of hydrogen-bond donors (Lipinski definition) is 0. The van der Waals surface area contributed by atoms with Gasteiger partial charge in [-0.15, -0.1) is 0 Å². The van der Waals surface area contributed by atoms with Gasteiger partial charge in [0, 0.05) is 23.5 Å². The van der Waals surface area contributed by atoms with Crippen molar-refractivity contribution in [2.75, 3.05) is 13.2 Å². The molecule has 1 fully saturated rings. The quantitative estimate of drug-likeness (QED) is 0.438. The van der Waals surface area contributed by atoms with E-state index in [1.165, 1.54) is 0 Å². The number of carbonyl (C=O) groups excluding carboxylic acids is 1. The van der Waals surface area contributed by atoms with Gasteiger partial charge in [-0.1, -0.05) is 6.92 Å². The molecule has 0 bridgehead atoms. The van der Waals surface area contributed by atoms with Crippen LogP contribution in [0.15, 0.2) is 24.3 Å². The highest BCUT2D eigenvalue weighted by molar-refractivity contribution is 7.49. The van der Waals surface area contributed by atoms with Gasteiger partial charge in [-0.05, 0) is 12.1 Å². The van der Waals surface area contributed by atoms with Gasteiger partial charge >= 0.3 is 13.8 Å². The van der Waals surface area contributed by atoms with E-state index in [4.69, 9.17) is 9.05 Å². The third kappa shape index (κ3) is 3.58. The van der Waals surface area contributed by atoms with Crippen LogP contribution in [0.5, 0.6) is 0 Å². The molecule has 2 rings (SSSR count). The Morgan fingerprint density at radius 3 is 2.21 bits per heavy atom. The van der Waals surface area contributed by atoms with E-state index in [0.717, 1.165) is 24.3 Å². The number of benzene rings is 1. The molecule has 0 aliphatic carbocycles. The number of phosphoric ester groups is 1. The van der Waals surface area contributed by atoms with Gasteiger partial charge in [0.1, 0.15) is 13.2 Å². The van der Waals surface area contributed by atoms with E-state index in [-0.39, 0.29) is 17.7 Å². The maximum atomic E-state index is 12.2. The van der Waals surface area contributed by atoms with Crippen LogP contribution in [-0.4, -0.2) is 34.6 Å². The normalized spacial score (nSPS) is 26.5. The Morgan fingerprint density at radius 1 is 1.25 bits per heavy atom. The van der Waals surface area contributed by atoms with Crippen LogP contribution in [0, 0.1) is 20.2 Å². The predicted octanol–water partition coefficient (Wildman–Crippen LogP) is 2.33. The summed E-state index contributed by atoms with van der Waals surface area (Å²) >= 11 is 0. The zero-order valence-electron chi connectivity index (χ0n) is 12.4. The monoisotopic (exact) mass is 360 g/mol. The van der Waals surface area contributed by atoms with Crippen LogP contribution in [0.1, 0.15) is 23.7 Å². The summed E-state index contributed by atoms with van der Waals surface area (Å²) in [6, 6.07) is 4.38. The Kier molecular flexibility index (Phi) is 4.97. The maximum Gasteiger partial charge on any atom is 0.533 e. The fourth-order valence-electron chi connectivity index (χ4n) is 1.84. The highest BCUT2D eigenvalue weighted by atomic mass is 31.2. The molecule has 0 saturated carbocycles. The van der Waals surface area contributed by atoms with E-state index in [1.54, 1.807) is 6.92 Å². The molecule has 0 N–H and O–H groups in total. The fraction of sp³-hybridized carbons (Fsp3) is 0.417. The highest BCUT2D eigenvalue weighted by Crippen LogP contribution is 2.54. The molecule has 0 radical (unpaired) electrons. The van der Waals surface area contributed by atoms with Gasteiger partial charge in [0.15, 0.2) is 0 Å². The second kappa shape index (κ2) is 6.63. The number of phosphoric acid groups is 1. The highest BCUT2D eigenvalue weighted by Gasteiger charge is 2.52. The molecule has 0 spiro atoms. The zero-order valence-corrected chi connectivity index (χ0v) is 13.3. The molecule has 1 heterocycles. The molecule has 0 amide bonds. The molecule has 1 saturated heterocycles. The minimum atomic E-state index is -4.29. The van der Waals surface area contributed by atoms with Crippen LogP contribution in [0.3, 0.4) is 0 Å². The summed E-state index contributed by atoms with van der Waals surface area (Å²) in [7, 11) is -4.29. The predicted molar refractivity (Wildman–Crippen MR) is 78.0 cm³/mol. The Bertz CT molecular complexity index is 706. The summed E-state index contributed by atoms with van der Waals surface area (Å²) in [5.74, 6) is -1.08. The second-order valence-corrected chi connectivity index (χ2v) is 6.61. The minimum absolute atomic E-state index is 0.0797. The van der Waals surface area contributed by atoms with Crippen molar-refractivity contribution in [3.05, 3.63) is 50.1 Å². The van der Waals surface area contributed by atoms with E-state index in [1.807, 2.05) is 0 Å². The summed E-state index contributed by atoms with van der Waals surface area (Å²) in [6.07, 6.45) is 0.0797. The van der Waals surface area contributed by atoms with Gasteiger partial charge in [0.05, 0.1) is 10.5 Å². The number of nitro benzene ring substituents is 1. The lowest BCUT2D eigenvalue weighted by Crippen LogP contribution is -2.49. The van der Waals surface area contributed by atoms with Gasteiger partial charge in [-0.3, -0.25) is 29.3 Å². The van der Waals surface area contributed by atoms with Crippen molar-refractivity contribution < 1.29 is 32.8 Å². The number of nitrogens with zero attached hydrogens (tertiary/aromatic N) is 2. The van der Waals surface area contributed by atoms with Gasteiger partial charge in [-0.2, -0.15) is 0 Å². The molecule has 0 atom stereocenters. The molecular formula is C12H13N2O9P. The molecule has 1 aliphatic heterocycles. The Hall–Kier alpha value is -2.36. The van der Waals surface area contributed by atoms with Crippen LogP contribution in [0.2, 0.25) is 0 Å².